The molecule has 1 aromatic heterocycles. The Morgan fingerprint density at radius 2 is 2.21 bits per heavy atom. The lowest BCUT2D eigenvalue weighted by molar-refractivity contribution is 0.403. The Balaban J connectivity index is 2.27. The van der Waals surface area contributed by atoms with Crippen LogP contribution in [-0.4, -0.2) is 23.0 Å². The van der Waals surface area contributed by atoms with E-state index in [1.54, 1.807) is 0 Å². The van der Waals surface area contributed by atoms with Crippen LogP contribution in [0.3, 0.4) is 0 Å². The summed E-state index contributed by atoms with van der Waals surface area (Å²) < 4.78 is 0. The second-order valence-corrected chi connectivity index (χ2v) is 5.06. The van der Waals surface area contributed by atoms with Crippen LogP contribution in [0.1, 0.15) is 18.4 Å². The standard InChI is InChI=1S/C11H16N2S/c12-9-11(3-6-14-7-4-11)10-2-1-5-13-8-10/h1-2,5,8H,3-4,6-7,9,12H2. The maximum Gasteiger partial charge on any atom is 0.0306 e. The summed E-state index contributed by atoms with van der Waals surface area (Å²) in [6.07, 6.45) is 6.19. The maximum atomic E-state index is 5.93. The molecule has 0 bridgehead atoms. The van der Waals surface area contributed by atoms with Crippen molar-refractivity contribution in [3.8, 4) is 0 Å². The van der Waals surface area contributed by atoms with E-state index in [4.69, 9.17) is 5.73 Å². The predicted octanol–water partition coefficient (Wildman–Crippen LogP) is 1.81. The van der Waals surface area contributed by atoms with Crippen LogP contribution in [0, 0.1) is 0 Å². The minimum atomic E-state index is 0.208. The minimum Gasteiger partial charge on any atom is -0.330 e. The number of thioether (sulfide) groups is 1. The van der Waals surface area contributed by atoms with E-state index in [1.807, 2.05) is 30.2 Å². The molecule has 3 heteroatoms. The molecule has 0 saturated carbocycles. The normalized spacial score (nSPS) is 20.6. The third kappa shape index (κ3) is 1.79. The summed E-state index contributed by atoms with van der Waals surface area (Å²) in [7, 11) is 0. The Morgan fingerprint density at radius 3 is 2.79 bits per heavy atom. The van der Waals surface area contributed by atoms with Crippen LogP contribution in [0.25, 0.3) is 0 Å². The highest BCUT2D eigenvalue weighted by molar-refractivity contribution is 7.99. The van der Waals surface area contributed by atoms with E-state index < -0.39 is 0 Å². The van der Waals surface area contributed by atoms with Crippen molar-refractivity contribution in [3.63, 3.8) is 0 Å². The van der Waals surface area contributed by atoms with Gasteiger partial charge in [-0.05, 0) is 36.0 Å². The third-order valence-electron chi connectivity index (χ3n) is 3.11. The zero-order chi connectivity index (χ0) is 9.86. The molecule has 0 aliphatic carbocycles. The van der Waals surface area contributed by atoms with Crippen LogP contribution in [-0.2, 0) is 5.41 Å². The van der Waals surface area contributed by atoms with Gasteiger partial charge in [0, 0.05) is 24.4 Å². The summed E-state index contributed by atoms with van der Waals surface area (Å²) in [5.41, 5.74) is 7.46. The van der Waals surface area contributed by atoms with E-state index in [0.29, 0.717) is 0 Å². The number of aromatic nitrogens is 1. The Morgan fingerprint density at radius 1 is 1.43 bits per heavy atom. The van der Waals surface area contributed by atoms with E-state index in [-0.39, 0.29) is 5.41 Å². The molecule has 2 N–H and O–H groups in total. The molecule has 0 radical (unpaired) electrons. The summed E-state index contributed by atoms with van der Waals surface area (Å²) in [6.45, 7) is 0.749. The van der Waals surface area contributed by atoms with E-state index >= 15 is 0 Å². The highest BCUT2D eigenvalue weighted by atomic mass is 32.2. The zero-order valence-electron chi connectivity index (χ0n) is 8.28. The molecule has 1 fully saturated rings. The minimum absolute atomic E-state index is 0.208. The average molecular weight is 208 g/mol. The Hall–Kier alpha value is -0.540. The van der Waals surface area contributed by atoms with Gasteiger partial charge in [0.2, 0.25) is 0 Å². The highest BCUT2D eigenvalue weighted by Crippen LogP contribution is 2.36. The Bertz CT molecular complexity index is 281. The van der Waals surface area contributed by atoms with E-state index in [0.717, 1.165) is 6.54 Å². The van der Waals surface area contributed by atoms with Gasteiger partial charge >= 0.3 is 0 Å². The largest absolute Gasteiger partial charge is 0.330 e. The monoisotopic (exact) mass is 208 g/mol. The molecule has 0 aromatic carbocycles. The molecular formula is C11H16N2S. The van der Waals surface area contributed by atoms with Gasteiger partial charge in [-0.25, -0.2) is 0 Å². The first kappa shape index (κ1) is 9.99. The lowest BCUT2D eigenvalue weighted by Gasteiger charge is -2.36. The summed E-state index contributed by atoms with van der Waals surface area (Å²) in [6, 6.07) is 4.17. The van der Waals surface area contributed by atoms with Gasteiger partial charge in [0.25, 0.3) is 0 Å². The molecule has 14 heavy (non-hydrogen) atoms. The summed E-state index contributed by atoms with van der Waals surface area (Å²) >= 11 is 2.03. The number of pyridine rings is 1. The third-order valence-corrected chi connectivity index (χ3v) is 4.10. The molecule has 1 aromatic rings. The van der Waals surface area contributed by atoms with E-state index in [2.05, 4.69) is 11.1 Å². The van der Waals surface area contributed by atoms with Crippen LogP contribution in [0.5, 0.6) is 0 Å². The van der Waals surface area contributed by atoms with Crippen LogP contribution in [0.4, 0.5) is 0 Å². The summed E-state index contributed by atoms with van der Waals surface area (Å²) in [5.74, 6) is 2.46. The molecule has 1 aliphatic heterocycles. The lowest BCUT2D eigenvalue weighted by atomic mass is 9.76. The number of hydrogen-bond donors (Lipinski definition) is 1. The van der Waals surface area contributed by atoms with Crippen molar-refractivity contribution in [1.29, 1.82) is 0 Å². The maximum absolute atomic E-state index is 5.93. The van der Waals surface area contributed by atoms with Gasteiger partial charge < -0.3 is 5.73 Å². The molecule has 1 aliphatic rings. The lowest BCUT2D eigenvalue weighted by Crippen LogP contribution is -2.38. The Kier molecular flexibility index (Phi) is 3.08. The van der Waals surface area contributed by atoms with Gasteiger partial charge in [0.1, 0.15) is 0 Å². The fourth-order valence-corrected chi connectivity index (χ4v) is 3.32. The summed E-state index contributed by atoms with van der Waals surface area (Å²) in [4.78, 5) is 4.19. The van der Waals surface area contributed by atoms with Crippen LogP contribution in [0.2, 0.25) is 0 Å². The smallest absolute Gasteiger partial charge is 0.0306 e. The van der Waals surface area contributed by atoms with Gasteiger partial charge in [-0.1, -0.05) is 6.07 Å². The number of nitrogens with two attached hydrogens (primary N) is 1. The molecule has 2 rings (SSSR count). The molecule has 0 amide bonds. The average Bonchev–Trinajstić information content (AvgIpc) is 2.31. The highest BCUT2D eigenvalue weighted by Gasteiger charge is 2.32. The van der Waals surface area contributed by atoms with Crippen LogP contribution >= 0.6 is 11.8 Å². The topological polar surface area (TPSA) is 38.9 Å². The molecule has 1 saturated heterocycles. The van der Waals surface area contributed by atoms with E-state index in [9.17, 15) is 0 Å². The molecule has 0 unspecified atom stereocenters. The molecule has 2 nitrogen and oxygen atoms in total. The SMILES string of the molecule is NCC1(c2cccnc2)CCSCC1. The first-order valence-corrected chi connectivity index (χ1v) is 6.21. The fourth-order valence-electron chi connectivity index (χ4n) is 2.05. The van der Waals surface area contributed by atoms with Crippen molar-refractivity contribution in [2.24, 2.45) is 5.73 Å². The van der Waals surface area contributed by atoms with Crippen molar-refractivity contribution in [3.05, 3.63) is 30.1 Å². The molecule has 0 spiro atoms. The molecule has 76 valence electrons. The molecule has 0 atom stereocenters. The molecule has 2 heterocycles. The van der Waals surface area contributed by atoms with E-state index in [1.165, 1.54) is 29.9 Å². The van der Waals surface area contributed by atoms with Crippen molar-refractivity contribution in [1.82, 2.24) is 4.98 Å². The van der Waals surface area contributed by atoms with Crippen molar-refractivity contribution < 1.29 is 0 Å². The van der Waals surface area contributed by atoms with Crippen LogP contribution in [0.15, 0.2) is 24.5 Å². The number of nitrogens with zero attached hydrogens (tertiary/aromatic N) is 1. The van der Waals surface area contributed by atoms with Gasteiger partial charge in [-0.3, -0.25) is 4.98 Å². The molecular weight excluding hydrogens is 192 g/mol. The van der Waals surface area contributed by atoms with Gasteiger partial charge in [0.15, 0.2) is 0 Å². The quantitative estimate of drug-likeness (QED) is 0.805. The van der Waals surface area contributed by atoms with Crippen molar-refractivity contribution >= 4 is 11.8 Å². The fraction of sp³-hybridized carbons (Fsp3) is 0.545. The van der Waals surface area contributed by atoms with Crippen LogP contribution < -0.4 is 5.73 Å². The Labute approximate surface area is 89.3 Å². The van der Waals surface area contributed by atoms with Gasteiger partial charge in [-0.2, -0.15) is 11.8 Å². The van der Waals surface area contributed by atoms with Gasteiger partial charge in [-0.15, -0.1) is 0 Å². The van der Waals surface area contributed by atoms with Crippen molar-refractivity contribution in [2.75, 3.05) is 18.1 Å². The van der Waals surface area contributed by atoms with Crippen molar-refractivity contribution in [2.45, 2.75) is 18.3 Å². The predicted molar refractivity (Wildman–Crippen MR) is 61.5 cm³/mol. The van der Waals surface area contributed by atoms with Gasteiger partial charge in [0.05, 0.1) is 0 Å². The first-order chi connectivity index (χ1) is 6.87. The zero-order valence-corrected chi connectivity index (χ0v) is 9.09. The summed E-state index contributed by atoms with van der Waals surface area (Å²) in [5, 5.41) is 0. The second-order valence-electron chi connectivity index (χ2n) is 3.84. The number of rotatable bonds is 2. The second kappa shape index (κ2) is 4.32. The first-order valence-electron chi connectivity index (χ1n) is 5.06. The number of hydrogen-bond acceptors (Lipinski definition) is 3.